The standard InChI is InChI=1S/C10H22O3.C2H4/c1-4-5-6-12-10(3)8-13-9(2)7-11;1-2/h9-11H,4-8H2,1-3H3;1-2H2. The molecule has 2 atom stereocenters. The fourth-order valence-electron chi connectivity index (χ4n) is 0.829. The van der Waals surface area contributed by atoms with Crippen molar-refractivity contribution in [3.05, 3.63) is 13.2 Å². The summed E-state index contributed by atoms with van der Waals surface area (Å²) in [6.07, 6.45) is 2.29. The van der Waals surface area contributed by atoms with Crippen LogP contribution in [0.5, 0.6) is 0 Å². The minimum atomic E-state index is -0.0859. The predicted octanol–water partition coefficient (Wildman–Crippen LogP) is 2.39. The van der Waals surface area contributed by atoms with Crippen LogP contribution in [0, 0.1) is 0 Å². The highest BCUT2D eigenvalue weighted by Gasteiger charge is 2.05. The molecule has 0 bridgehead atoms. The molecule has 0 aromatic rings. The molecule has 0 aromatic heterocycles. The Bertz CT molecular complexity index is 117. The molecule has 0 amide bonds. The van der Waals surface area contributed by atoms with Gasteiger partial charge in [-0.1, -0.05) is 13.3 Å². The van der Waals surface area contributed by atoms with Crippen LogP contribution in [-0.2, 0) is 9.47 Å². The third-order valence-corrected chi connectivity index (χ3v) is 1.77. The number of unbranched alkanes of at least 4 members (excludes halogenated alkanes) is 1. The SMILES string of the molecule is C=C.CCCCOC(C)COC(C)CO. The topological polar surface area (TPSA) is 38.7 Å². The second-order valence-corrected chi connectivity index (χ2v) is 3.36. The molecule has 0 saturated heterocycles. The van der Waals surface area contributed by atoms with Gasteiger partial charge in [0.2, 0.25) is 0 Å². The average Bonchev–Trinajstić information content (AvgIpc) is 2.29. The van der Waals surface area contributed by atoms with E-state index in [9.17, 15) is 0 Å². The van der Waals surface area contributed by atoms with Crippen LogP contribution in [-0.4, -0.2) is 37.1 Å². The molecule has 0 fully saturated rings. The zero-order valence-electron chi connectivity index (χ0n) is 10.4. The van der Waals surface area contributed by atoms with Gasteiger partial charge in [-0.3, -0.25) is 0 Å². The van der Waals surface area contributed by atoms with Crippen molar-refractivity contribution in [2.45, 2.75) is 45.8 Å². The zero-order chi connectivity index (χ0) is 12.1. The molecule has 0 aliphatic rings. The van der Waals surface area contributed by atoms with Gasteiger partial charge in [-0.2, -0.15) is 0 Å². The van der Waals surface area contributed by atoms with Crippen LogP contribution < -0.4 is 0 Å². The minimum absolute atomic E-state index is 0.0711. The van der Waals surface area contributed by atoms with E-state index in [1.165, 1.54) is 0 Å². The fourth-order valence-corrected chi connectivity index (χ4v) is 0.829. The summed E-state index contributed by atoms with van der Waals surface area (Å²) < 4.78 is 10.8. The van der Waals surface area contributed by atoms with Crippen molar-refractivity contribution in [2.75, 3.05) is 19.8 Å². The summed E-state index contributed by atoms with van der Waals surface area (Å²) in [5.41, 5.74) is 0. The van der Waals surface area contributed by atoms with Gasteiger partial charge < -0.3 is 14.6 Å². The predicted molar refractivity (Wildman–Crippen MR) is 64.1 cm³/mol. The maximum atomic E-state index is 8.70. The van der Waals surface area contributed by atoms with Crippen molar-refractivity contribution >= 4 is 0 Å². The zero-order valence-corrected chi connectivity index (χ0v) is 10.4. The van der Waals surface area contributed by atoms with Crippen molar-refractivity contribution < 1.29 is 14.6 Å². The van der Waals surface area contributed by atoms with E-state index in [2.05, 4.69) is 20.1 Å². The van der Waals surface area contributed by atoms with Crippen LogP contribution >= 0.6 is 0 Å². The molecule has 1 N–H and O–H groups in total. The third kappa shape index (κ3) is 13.6. The third-order valence-electron chi connectivity index (χ3n) is 1.77. The smallest absolute Gasteiger partial charge is 0.0780 e. The highest BCUT2D eigenvalue weighted by molar-refractivity contribution is 4.51. The molecule has 0 radical (unpaired) electrons. The van der Waals surface area contributed by atoms with E-state index in [1.54, 1.807) is 0 Å². The Balaban J connectivity index is 0. The van der Waals surface area contributed by atoms with Gasteiger partial charge in [0.05, 0.1) is 25.4 Å². The molecule has 92 valence electrons. The lowest BCUT2D eigenvalue weighted by atomic mass is 10.3. The Hall–Kier alpha value is -0.380. The summed E-state index contributed by atoms with van der Waals surface area (Å²) in [6.45, 7) is 13.4. The lowest BCUT2D eigenvalue weighted by Gasteiger charge is -2.15. The average molecular weight is 218 g/mol. The van der Waals surface area contributed by atoms with E-state index in [1.807, 2.05) is 13.8 Å². The maximum absolute atomic E-state index is 8.70. The van der Waals surface area contributed by atoms with Gasteiger partial charge in [0.25, 0.3) is 0 Å². The van der Waals surface area contributed by atoms with Crippen molar-refractivity contribution in [1.82, 2.24) is 0 Å². The van der Waals surface area contributed by atoms with E-state index in [4.69, 9.17) is 14.6 Å². The molecule has 15 heavy (non-hydrogen) atoms. The summed E-state index contributed by atoms with van der Waals surface area (Å²) in [6, 6.07) is 0. The quantitative estimate of drug-likeness (QED) is 0.502. The van der Waals surface area contributed by atoms with Crippen LogP contribution in [0.15, 0.2) is 13.2 Å². The van der Waals surface area contributed by atoms with E-state index in [0.717, 1.165) is 19.4 Å². The Kier molecular flexibility index (Phi) is 15.5. The van der Waals surface area contributed by atoms with Gasteiger partial charge in [-0.25, -0.2) is 0 Å². The molecule has 0 aliphatic carbocycles. The van der Waals surface area contributed by atoms with Crippen LogP contribution in [0.25, 0.3) is 0 Å². The molecule has 2 unspecified atom stereocenters. The summed E-state index contributed by atoms with van der Waals surface area (Å²) in [5, 5.41) is 8.70. The van der Waals surface area contributed by atoms with Gasteiger partial charge in [0.15, 0.2) is 0 Å². The van der Waals surface area contributed by atoms with Crippen molar-refractivity contribution in [3.63, 3.8) is 0 Å². The van der Waals surface area contributed by atoms with Gasteiger partial charge in [-0.05, 0) is 20.3 Å². The highest BCUT2D eigenvalue weighted by Crippen LogP contribution is 1.98. The molecule has 0 aromatic carbocycles. The number of aliphatic hydroxyl groups is 1. The van der Waals surface area contributed by atoms with Crippen molar-refractivity contribution in [1.29, 1.82) is 0 Å². The van der Waals surface area contributed by atoms with E-state index in [0.29, 0.717) is 6.61 Å². The van der Waals surface area contributed by atoms with Gasteiger partial charge in [-0.15, -0.1) is 13.2 Å². The number of aliphatic hydroxyl groups excluding tert-OH is 1. The molecule has 0 heterocycles. The molecule has 0 saturated carbocycles. The van der Waals surface area contributed by atoms with Gasteiger partial charge in [0.1, 0.15) is 0 Å². The number of rotatable bonds is 8. The van der Waals surface area contributed by atoms with Crippen LogP contribution in [0.1, 0.15) is 33.6 Å². The lowest BCUT2D eigenvalue weighted by Crippen LogP contribution is -2.22. The van der Waals surface area contributed by atoms with E-state index < -0.39 is 0 Å². The van der Waals surface area contributed by atoms with Crippen LogP contribution in [0.4, 0.5) is 0 Å². The second-order valence-electron chi connectivity index (χ2n) is 3.36. The Morgan fingerprint density at radius 3 is 2.20 bits per heavy atom. The normalized spacial score (nSPS) is 13.9. The van der Waals surface area contributed by atoms with Gasteiger partial charge in [0, 0.05) is 6.61 Å². The lowest BCUT2D eigenvalue weighted by molar-refractivity contribution is -0.0457. The molecule has 0 aliphatic heterocycles. The highest BCUT2D eigenvalue weighted by atomic mass is 16.5. The second kappa shape index (κ2) is 13.6. The first-order chi connectivity index (χ1) is 7.20. The number of hydrogen-bond acceptors (Lipinski definition) is 3. The van der Waals surface area contributed by atoms with Crippen LogP contribution in [0.2, 0.25) is 0 Å². The molecule has 3 heteroatoms. The fraction of sp³-hybridized carbons (Fsp3) is 0.833. The first-order valence-corrected chi connectivity index (χ1v) is 5.54. The van der Waals surface area contributed by atoms with Crippen LogP contribution in [0.3, 0.4) is 0 Å². The minimum Gasteiger partial charge on any atom is -0.394 e. The Morgan fingerprint density at radius 1 is 1.13 bits per heavy atom. The first kappa shape index (κ1) is 17.0. The van der Waals surface area contributed by atoms with Crippen molar-refractivity contribution in [3.8, 4) is 0 Å². The molecular weight excluding hydrogens is 192 g/mol. The number of hydrogen-bond donors (Lipinski definition) is 1. The largest absolute Gasteiger partial charge is 0.394 e. The number of ether oxygens (including phenoxy) is 2. The summed E-state index contributed by atoms with van der Waals surface area (Å²) in [4.78, 5) is 0. The Labute approximate surface area is 94.1 Å². The Morgan fingerprint density at radius 2 is 1.73 bits per heavy atom. The molecular formula is C12H26O3. The van der Waals surface area contributed by atoms with Crippen molar-refractivity contribution in [2.24, 2.45) is 0 Å². The first-order valence-electron chi connectivity index (χ1n) is 5.54. The molecule has 0 spiro atoms. The van der Waals surface area contributed by atoms with E-state index in [-0.39, 0.29) is 18.8 Å². The molecule has 0 rings (SSSR count). The monoisotopic (exact) mass is 218 g/mol. The van der Waals surface area contributed by atoms with Gasteiger partial charge >= 0.3 is 0 Å². The molecule has 3 nitrogen and oxygen atoms in total. The summed E-state index contributed by atoms with van der Waals surface area (Å²) in [7, 11) is 0. The van der Waals surface area contributed by atoms with E-state index >= 15 is 0 Å². The maximum Gasteiger partial charge on any atom is 0.0780 e. The summed E-state index contributed by atoms with van der Waals surface area (Å²) >= 11 is 0. The summed E-state index contributed by atoms with van der Waals surface area (Å²) in [5.74, 6) is 0.